The first kappa shape index (κ1) is 15.3. The Labute approximate surface area is 136 Å². The van der Waals surface area contributed by atoms with E-state index in [1.54, 1.807) is 0 Å². The second kappa shape index (κ2) is 7.07. The van der Waals surface area contributed by atoms with Crippen LogP contribution < -0.4 is 11.1 Å². The Hall–Kier alpha value is -1.65. The van der Waals surface area contributed by atoms with Gasteiger partial charge in [-0.1, -0.05) is 36.6 Å². The molecule has 2 aromatic rings. The summed E-state index contributed by atoms with van der Waals surface area (Å²) in [6, 6.07) is 7.71. The lowest BCUT2D eigenvalue weighted by molar-refractivity contribution is 0.696. The molecule has 0 atom stereocenters. The highest BCUT2D eigenvalue weighted by atomic mass is 35.5. The Morgan fingerprint density at radius 3 is 2.73 bits per heavy atom. The molecule has 1 aliphatic carbocycles. The SMILES string of the molecule is NCCNc1cnc(-c2ccccc2Cl)nc1C1CCCC1. The average molecular weight is 317 g/mol. The molecule has 0 spiro atoms. The number of nitrogens with two attached hydrogens (primary N) is 1. The van der Waals surface area contributed by atoms with Gasteiger partial charge in [0, 0.05) is 24.6 Å². The molecule has 0 unspecified atom stereocenters. The van der Waals surface area contributed by atoms with E-state index in [0.29, 0.717) is 23.3 Å². The van der Waals surface area contributed by atoms with E-state index >= 15 is 0 Å². The minimum Gasteiger partial charge on any atom is -0.381 e. The number of rotatable bonds is 5. The van der Waals surface area contributed by atoms with Crippen LogP contribution in [0.5, 0.6) is 0 Å². The number of aromatic nitrogens is 2. The summed E-state index contributed by atoms with van der Waals surface area (Å²) in [6.07, 6.45) is 6.79. The van der Waals surface area contributed by atoms with E-state index in [-0.39, 0.29) is 0 Å². The van der Waals surface area contributed by atoms with Gasteiger partial charge in [0.2, 0.25) is 0 Å². The van der Waals surface area contributed by atoms with Crippen molar-refractivity contribution in [2.24, 2.45) is 5.73 Å². The third-order valence-electron chi connectivity index (χ3n) is 4.13. The van der Waals surface area contributed by atoms with E-state index in [0.717, 1.165) is 23.5 Å². The Morgan fingerprint density at radius 1 is 1.23 bits per heavy atom. The van der Waals surface area contributed by atoms with Gasteiger partial charge in [-0.15, -0.1) is 0 Å². The molecule has 0 amide bonds. The molecule has 0 saturated heterocycles. The van der Waals surface area contributed by atoms with Crippen LogP contribution >= 0.6 is 11.6 Å². The van der Waals surface area contributed by atoms with Crippen LogP contribution in [0.25, 0.3) is 11.4 Å². The van der Waals surface area contributed by atoms with Crippen molar-refractivity contribution >= 4 is 17.3 Å². The third kappa shape index (κ3) is 3.23. The number of anilines is 1. The zero-order chi connectivity index (χ0) is 15.4. The number of hydrogen-bond acceptors (Lipinski definition) is 4. The molecule has 0 bridgehead atoms. The van der Waals surface area contributed by atoms with Crippen molar-refractivity contribution in [3.63, 3.8) is 0 Å². The number of benzene rings is 1. The summed E-state index contributed by atoms with van der Waals surface area (Å²) in [5.41, 5.74) is 8.60. The lowest BCUT2D eigenvalue weighted by Gasteiger charge is -2.16. The summed E-state index contributed by atoms with van der Waals surface area (Å²) in [4.78, 5) is 9.34. The topological polar surface area (TPSA) is 63.8 Å². The first-order valence-corrected chi connectivity index (χ1v) is 8.23. The molecule has 1 saturated carbocycles. The van der Waals surface area contributed by atoms with E-state index in [9.17, 15) is 0 Å². The van der Waals surface area contributed by atoms with Gasteiger partial charge in [0.05, 0.1) is 22.6 Å². The van der Waals surface area contributed by atoms with Crippen LogP contribution in [-0.2, 0) is 0 Å². The van der Waals surface area contributed by atoms with Gasteiger partial charge in [0.15, 0.2) is 5.82 Å². The maximum Gasteiger partial charge on any atom is 0.161 e. The normalized spacial score (nSPS) is 15.2. The van der Waals surface area contributed by atoms with Crippen molar-refractivity contribution in [1.29, 1.82) is 0 Å². The zero-order valence-corrected chi connectivity index (χ0v) is 13.3. The molecule has 1 fully saturated rings. The first-order chi connectivity index (χ1) is 10.8. The standard InChI is InChI=1S/C17H21ClN4/c18-14-8-4-3-7-13(14)17-21-11-15(20-10-9-19)16(22-17)12-5-1-2-6-12/h3-4,7-8,11-12,20H,1-2,5-6,9-10,19H2. The maximum atomic E-state index is 6.28. The zero-order valence-electron chi connectivity index (χ0n) is 12.6. The predicted molar refractivity (Wildman–Crippen MR) is 91.2 cm³/mol. The lowest BCUT2D eigenvalue weighted by Crippen LogP contribution is -2.16. The molecule has 1 aromatic heterocycles. The predicted octanol–water partition coefficient (Wildman–Crippen LogP) is 3.83. The fourth-order valence-corrected chi connectivity index (χ4v) is 3.24. The first-order valence-electron chi connectivity index (χ1n) is 7.85. The highest BCUT2D eigenvalue weighted by Gasteiger charge is 2.22. The molecular weight excluding hydrogens is 296 g/mol. The molecule has 3 N–H and O–H groups in total. The van der Waals surface area contributed by atoms with Crippen molar-refractivity contribution in [2.45, 2.75) is 31.6 Å². The number of nitrogens with one attached hydrogen (secondary N) is 1. The highest BCUT2D eigenvalue weighted by Crippen LogP contribution is 2.37. The maximum absolute atomic E-state index is 6.28. The number of hydrogen-bond donors (Lipinski definition) is 2. The lowest BCUT2D eigenvalue weighted by atomic mass is 10.0. The molecule has 22 heavy (non-hydrogen) atoms. The van der Waals surface area contributed by atoms with Crippen molar-refractivity contribution < 1.29 is 0 Å². The van der Waals surface area contributed by atoms with Gasteiger partial charge in [-0.05, 0) is 25.0 Å². The van der Waals surface area contributed by atoms with Crippen LogP contribution in [0.2, 0.25) is 5.02 Å². The van der Waals surface area contributed by atoms with Crippen molar-refractivity contribution in [1.82, 2.24) is 9.97 Å². The van der Waals surface area contributed by atoms with Gasteiger partial charge in [-0.2, -0.15) is 0 Å². The van der Waals surface area contributed by atoms with Gasteiger partial charge in [-0.25, -0.2) is 9.97 Å². The smallest absolute Gasteiger partial charge is 0.161 e. The molecule has 116 valence electrons. The molecule has 3 rings (SSSR count). The largest absolute Gasteiger partial charge is 0.381 e. The highest BCUT2D eigenvalue weighted by molar-refractivity contribution is 6.33. The molecule has 1 aliphatic rings. The molecule has 4 nitrogen and oxygen atoms in total. The third-order valence-corrected chi connectivity index (χ3v) is 4.46. The summed E-state index contributed by atoms with van der Waals surface area (Å²) >= 11 is 6.28. The fourth-order valence-electron chi connectivity index (χ4n) is 3.02. The van der Waals surface area contributed by atoms with Gasteiger partial charge >= 0.3 is 0 Å². The van der Waals surface area contributed by atoms with E-state index in [1.807, 2.05) is 30.5 Å². The molecular formula is C17H21ClN4. The summed E-state index contributed by atoms with van der Waals surface area (Å²) in [6.45, 7) is 1.32. The van der Waals surface area contributed by atoms with E-state index in [2.05, 4.69) is 10.3 Å². The van der Waals surface area contributed by atoms with E-state index < -0.39 is 0 Å². The van der Waals surface area contributed by atoms with Crippen molar-refractivity contribution in [3.05, 3.63) is 41.2 Å². The minimum atomic E-state index is 0.504. The Bertz CT molecular complexity index is 638. The van der Waals surface area contributed by atoms with Gasteiger partial charge in [0.1, 0.15) is 0 Å². The molecule has 5 heteroatoms. The quantitative estimate of drug-likeness (QED) is 0.880. The van der Waals surface area contributed by atoms with Crippen molar-refractivity contribution in [3.8, 4) is 11.4 Å². The van der Waals surface area contributed by atoms with Gasteiger partial charge in [0.25, 0.3) is 0 Å². The summed E-state index contributed by atoms with van der Waals surface area (Å²) in [7, 11) is 0. The molecule has 0 aliphatic heterocycles. The monoisotopic (exact) mass is 316 g/mol. The molecule has 0 radical (unpaired) electrons. The van der Waals surface area contributed by atoms with Crippen LogP contribution in [0.4, 0.5) is 5.69 Å². The average Bonchev–Trinajstić information content (AvgIpc) is 3.08. The minimum absolute atomic E-state index is 0.504. The summed E-state index contributed by atoms with van der Waals surface area (Å²) in [5.74, 6) is 1.20. The Morgan fingerprint density at radius 2 is 2.00 bits per heavy atom. The van der Waals surface area contributed by atoms with Crippen LogP contribution in [-0.4, -0.2) is 23.1 Å². The van der Waals surface area contributed by atoms with Crippen molar-refractivity contribution in [2.75, 3.05) is 18.4 Å². The van der Waals surface area contributed by atoms with Crippen LogP contribution in [0.3, 0.4) is 0 Å². The molecule has 1 aromatic carbocycles. The summed E-state index contributed by atoms with van der Waals surface area (Å²) in [5, 5.41) is 4.03. The van der Waals surface area contributed by atoms with Crippen LogP contribution in [0.1, 0.15) is 37.3 Å². The second-order valence-corrected chi connectivity index (χ2v) is 6.08. The van der Waals surface area contributed by atoms with Crippen LogP contribution in [0.15, 0.2) is 30.5 Å². The number of nitrogens with zero attached hydrogens (tertiary/aromatic N) is 2. The number of halogens is 1. The van der Waals surface area contributed by atoms with E-state index in [1.165, 1.54) is 25.7 Å². The Balaban J connectivity index is 1.99. The second-order valence-electron chi connectivity index (χ2n) is 5.67. The molecule has 1 heterocycles. The van der Waals surface area contributed by atoms with Crippen LogP contribution in [0, 0.1) is 0 Å². The fraction of sp³-hybridized carbons (Fsp3) is 0.412. The van der Waals surface area contributed by atoms with E-state index in [4.69, 9.17) is 22.3 Å². The summed E-state index contributed by atoms with van der Waals surface area (Å²) < 4.78 is 0. The Kier molecular flexibility index (Phi) is 4.90. The van der Waals surface area contributed by atoms with Gasteiger partial charge in [-0.3, -0.25) is 0 Å². The van der Waals surface area contributed by atoms with Gasteiger partial charge < -0.3 is 11.1 Å².